The molecule has 62 heavy (non-hydrogen) atoms. The number of imidazole rings is 1. The van der Waals surface area contributed by atoms with Gasteiger partial charge in [-0.25, -0.2) is 28.6 Å². The molecule has 2 aromatic heterocycles. The normalized spacial score (nSPS) is 21.2. The number of benzene rings is 1. The number of nitrogen functional groups attached to an aromatic ring is 1. The van der Waals surface area contributed by atoms with Crippen LogP contribution in [0.3, 0.4) is 0 Å². The Labute approximate surface area is 383 Å². The first-order chi connectivity index (χ1) is 28.7. The fourth-order valence-electron chi connectivity index (χ4n) is 5.46. The maximum Gasteiger partial charge on any atom is 0.481 e. The average Bonchev–Trinajstić information content (AvgIpc) is 3.73. The van der Waals surface area contributed by atoms with Crippen LogP contribution in [0.1, 0.15) is 32.1 Å². The Hall–Kier alpha value is -2.00. The molecule has 0 bridgehead atoms. The molecule has 8 atom stereocenters. The Bertz CT molecular complexity index is 2230. The van der Waals surface area contributed by atoms with Crippen molar-refractivity contribution in [2.24, 2.45) is 11.1 Å². The summed E-state index contributed by atoms with van der Waals surface area (Å²) >= 11 is 4.89. The minimum Gasteiger partial charge on any atom is -0.506 e. The van der Waals surface area contributed by atoms with Crippen molar-refractivity contribution >= 4 is 114 Å². The molecule has 0 saturated carbocycles. The second kappa shape index (κ2) is 22.0. The van der Waals surface area contributed by atoms with E-state index in [1.54, 1.807) is 12.1 Å². The smallest absolute Gasteiger partial charge is 0.481 e. The van der Waals surface area contributed by atoms with E-state index in [0.29, 0.717) is 7.14 Å². The Kier molecular flexibility index (Phi) is 18.7. The number of rotatable bonds is 22. The lowest BCUT2D eigenvalue weighted by Crippen LogP contribution is -2.46. The number of ether oxygens (including phenoxy) is 1. The van der Waals surface area contributed by atoms with Gasteiger partial charge in [0.15, 0.2) is 17.7 Å². The SMILES string of the molecule is CC(C)(COP(=O)(O)OP(=O)(O)OCC1OC(n2cnc3c(N)ncnc32)C(O)C1OP(=O)(O)O)C(O)C(=O)NCCC(=O)NCCSC(=O)C(N)Cc1cc(I)c(O)c(I)c1. The molecule has 0 spiro atoms. The third kappa shape index (κ3) is 15.0. The number of hydrogen-bond donors (Lipinski definition) is 11. The van der Waals surface area contributed by atoms with E-state index in [4.69, 9.17) is 25.3 Å². The highest BCUT2D eigenvalue weighted by Gasteiger charge is 2.50. The van der Waals surface area contributed by atoms with Crippen LogP contribution in [-0.4, -0.2) is 134 Å². The molecule has 1 aliphatic rings. The second-order valence-corrected chi connectivity index (χ2v) is 21.6. The number of halogens is 2. The number of thioether (sulfide) groups is 1. The minimum absolute atomic E-state index is 0.0225. The van der Waals surface area contributed by atoms with Crippen LogP contribution in [0.4, 0.5) is 5.82 Å². The lowest BCUT2D eigenvalue weighted by molar-refractivity contribution is -0.137. The lowest BCUT2D eigenvalue weighted by atomic mass is 9.87. The van der Waals surface area contributed by atoms with E-state index >= 15 is 0 Å². The summed E-state index contributed by atoms with van der Waals surface area (Å²) in [4.78, 5) is 88.4. The maximum atomic E-state index is 12.7. The standard InChI is InChI=1S/C30H43I2N8O18P3S/c1-30(2,24(44)27(45)36-4-3-19(41)35-5-6-62-29(46)17(33)9-14-7-15(31)21(42)16(32)8-14)11-55-61(52,53)58-60(50,51)54-10-18-23(57-59(47,48)49)22(43)28(56-18)40-13-39-20-25(34)37-12-38-26(20)40/h7-8,12-13,17-18,22-24,28,42-44H,3-6,9-11,33H2,1-2H3,(H,35,41)(H,36,45)(H,50,51)(H,52,53)(H2,34,37,38)(H2,47,48,49). The van der Waals surface area contributed by atoms with Crippen LogP contribution in [0.2, 0.25) is 0 Å². The largest absolute Gasteiger partial charge is 0.506 e. The van der Waals surface area contributed by atoms with Crippen LogP contribution in [0.15, 0.2) is 24.8 Å². The summed E-state index contributed by atoms with van der Waals surface area (Å²) in [5.74, 6) is -1.18. The number of phenolic OH excluding ortho intramolecular Hbond substituents is 1. The highest BCUT2D eigenvalue weighted by atomic mass is 127. The number of anilines is 1. The molecule has 3 heterocycles. The van der Waals surface area contributed by atoms with Crippen LogP contribution in [-0.2, 0) is 57.1 Å². The zero-order chi connectivity index (χ0) is 46.4. The van der Waals surface area contributed by atoms with Gasteiger partial charge < -0.3 is 61.7 Å². The molecule has 4 rings (SSSR count). The van der Waals surface area contributed by atoms with Crippen LogP contribution < -0.4 is 22.1 Å². The number of nitrogens with one attached hydrogen (secondary N) is 2. The van der Waals surface area contributed by atoms with Crippen molar-refractivity contribution in [3.05, 3.63) is 37.5 Å². The number of phosphoric acid groups is 3. The number of aliphatic hydroxyl groups is 2. The van der Waals surface area contributed by atoms with Crippen molar-refractivity contribution in [3.63, 3.8) is 0 Å². The third-order valence-electron chi connectivity index (χ3n) is 8.58. The number of phosphoric ester groups is 3. The number of hydrogen-bond acceptors (Lipinski definition) is 20. The molecule has 1 aromatic carbocycles. The summed E-state index contributed by atoms with van der Waals surface area (Å²) in [6, 6.07) is 2.65. The van der Waals surface area contributed by atoms with Gasteiger partial charge in [-0.15, -0.1) is 0 Å². The molecule has 2 amide bonds. The van der Waals surface area contributed by atoms with Gasteiger partial charge >= 0.3 is 23.5 Å². The number of aromatic nitrogens is 4. The number of nitrogens with two attached hydrogens (primary N) is 2. The van der Waals surface area contributed by atoms with Gasteiger partial charge in [0.1, 0.15) is 42.0 Å². The molecule has 13 N–H and O–H groups in total. The van der Waals surface area contributed by atoms with Crippen molar-refractivity contribution in [1.82, 2.24) is 30.2 Å². The number of phenols is 1. The summed E-state index contributed by atoms with van der Waals surface area (Å²) in [5, 5.41) is 36.1. The zero-order valence-electron chi connectivity index (χ0n) is 32.3. The second-order valence-electron chi connectivity index (χ2n) is 14.0. The summed E-state index contributed by atoms with van der Waals surface area (Å²) < 4.78 is 63.5. The van der Waals surface area contributed by atoms with E-state index in [2.05, 4.69) is 34.4 Å². The Balaban J connectivity index is 1.19. The van der Waals surface area contributed by atoms with E-state index in [1.165, 1.54) is 13.8 Å². The molecule has 26 nitrogen and oxygen atoms in total. The number of carbonyl (C=O) groups excluding carboxylic acids is 3. The summed E-state index contributed by atoms with van der Waals surface area (Å²) in [7, 11) is -16.5. The maximum absolute atomic E-state index is 12.7. The summed E-state index contributed by atoms with van der Waals surface area (Å²) in [6.45, 7) is 0.284. The van der Waals surface area contributed by atoms with E-state index < -0.39 is 90.6 Å². The van der Waals surface area contributed by atoms with Crippen molar-refractivity contribution in [3.8, 4) is 5.75 Å². The lowest BCUT2D eigenvalue weighted by Gasteiger charge is -2.30. The molecule has 32 heteroatoms. The molecular weight excluding hydrogens is 1140 g/mol. The van der Waals surface area contributed by atoms with Gasteiger partial charge in [0.2, 0.25) is 16.9 Å². The van der Waals surface area contributed by atoms with Crippen molar-refractivity contribution in [2.45, 2.75) is 63.4 Å². The molecule has 1 aliphatic heterocycles. The fourth-order valence-corrected chi connectivity index (χ4v) is 10.9. The predicted molar refractivity (Wildman–Crippen MR) is 232 cm³/mol. The van der Waals surface area contributed by atoms with Gasteiger partial charge in [0, 0.05) is 30.7 Å². The Morgan fingerprint density at radius 2 is 1.68 bits per heavy atom. The van der Waals surface area contributed by atoms with Gasteiger partial charge in [-0.3, -0.25) is 32.5 Å². The Morgan fingerprint density at radius 3 is 2.32 bits per heavy atom. The first-order valence-corrected chi connectivity index (χ1v) is 25.3. The number of amides is 2. The zero-order valence-corrected chi connectivity index (χ0v) is 40.1. The summed E-state index contributed by atoms with van der Waals surface area (Å²) in [5.41, 5.74) is 11.0. The molecule has 346 valence electrons. The topological polar surface area (TPSA) is 410 Å². The summed E-state index contributed by atoms with van der Waals surface area (Å²) in [6.07, 6.45) is -6.81. The minimum atomic E-state index is -5.59. The number of aliphatic hydroxyl groups excluding tert-OH is 2. The fraction of sp³-hybridized carbons (Fsp3) is 0.533. The average molecular weight is 1180 g/mol. The molecule has 1 saturated heterocycles. The highest BCUT2D eigenvalue weighted by molar-refractivity contribution is 14.1. The van der Waals surface area contributed by atoms with Gasteiger partial charge in [-0.05, 0) is 69.3 Å². The number of carbonyl (C=O) groups is 3. The number of nitrogens with zero attached hydrogens (tertiary/aromatic N) is 4. The molecule has 1 fully saturated rings. The molecule has 8 unspecified atom stereocenters. The highest BCUT2D eigenvalue weighted by Crippen LogP contribution is 2.61. The van der Waals surface area contributed by atoms with Crippen molar-refractivity contribution < 1.29 is 85.6 Å². The van der Waals surface area contributed by atoms with E-state index in [9.17, 15) is 63.0 Å². The predicted octanol–water partition coefficient (Wildman–Crippen LogP) is 0.150. The van der Waals surface area contributed by atoms with Gasteiger partial charge in [0.05, 0.1) is 32.7 Å². The first-order valence-electron chi connectivity index (χ1n) is 17.7. The molecule has 3 aromatic rings. The van der Waals surface area contributed by atoms with Crippen LogP contribution in [0, 0.1) is 12.6 Å². The van der Waals surface area contributed by atoms with Crippen LogP contribution >= 0.6 is 80.4 Å². The van der Waals surface area contributed by atoms with Gasteiger partial charge in [-0.2, -0.15) is 4.31 Å². The van der Waals surface area contributed by atoms with Crippen LogP contribution in [0.5, 0.6) is 5.75 Å². The van der Waals surface area contributed by atoms with E-state index in [1.807, 2.05) is 45.2 Å². The molecule has 0 aliphatic carbocycles. The van der Waals surface area contributed by atoms with E-state index in [-0.39, 0.29) is 59.5 Å². The van der Waals surface area contributed by atoms with Gasteiger partial charge in [-0.1, -0.05) is 25.6 Å². The van der Waals surface area contributed by atoms with Crippen molar-refractivity contribution in [1.29, 1.82) is 0 Å². The van der Waals surface area contributed by atoms with Crippen molar-refractivity contribution in [2.75, 3.05) is 37.8 Å². The number of aromatic hydroxyl groups is 1. The first kappa shape index (κ1) is 52.6. The quantitative estimate of drug-likeness (QED) is 0.0362. The number of fused-ring (bicyclic) bond motifs is 1. The van der Waals surface area contributed by atoms with E-state index in [0.717, 1.165) is 34.5 Å². The molecular formula is C30H43I2N8O18P3S. The van der Waals surface area contributed by atoms with Gasteiger partial charge in [0.25, 0.3) is 0 Å². The third-order valence-corrected chi connectivity index (χ3v) is 14.3. The Morgan fingerprint density at radius 1 is 1.03 bits per heavy atom. The van der Waals surface area contributed by atoms with Crippen LogP contribution in [0.25, 0.3) is 11.2 Å². The molecule has 0 radical (unpaired) electrons. The monoisotopic (exact) mass is 1180 g/mol.